The van der Waals surface area contributed by atoms with Crippen LogP contribution in [0, 0.1) is 6.92 Å². The number of carbonyl (C=O) groups is 1. The molecule has 0 spiro atoms. The predicted molar refractivity (Wildman–Crippen MR) is 54.4 cm³/mol. The summed E-state index contributed by atoms with van der Waals surface area (Å²) in [5.74, 6) is -1.23. The maximum atomic E-state index is 11.3. The average Bonchev–Trinajstić information content (AvgIpc) is 2.70. The lowest BCUT2D eigenvalue weighted by Crippen LogP contribution is -2.25. The van der Waals surface area contributed by atoms with E-state index in [1.54, 1.807) is 0 Å². The molecule has 2 heterocycles. The zero-order valence-corrected chi connectivity index (χ0v) is 8.79. The van der Waals surface area contributed by atoms with E-state index in [1.165, 1.54) is 6.92 Å². The molecule has 0 unspecified atom stereocenters. The van der Waals surface area contributed by atoms with Gasteiger partial charge >= 0.3 is 17.3 Å². The van der Waals surface area contributed by atoms with Crippen LogP contribution in [-0.2, 0) is 0 Å². The molecule has 0 radical (unpaired) electrons. The van der Waals surface area contributed by atoms with Gasteiger partial charge in [-0.25, -0.2) is 24.6 Å². The molecule has 0 aliphatic heterocycles. The summed E-state index contributed by atoms with van der Waals surface area (Å²) in [5.41, 5.74) is -1.33. The number of aromatic carboxylic acids is 1. The van der Waals surface area contributed by atoms with Crippen LogP contribution in [0.1, 0.15) is 16.1 Å². The summed E-state index contributed by atoms with van der Waals surface area (Å²) in [7, 11) is 0. The van der Waals surface area contributed by atoms with Crippen molar-refractivity contribution in [1.29, 1.82) is 0 Å². The fourth-order valence-corrected chi connectivity index (χ4v) is 2.14. The highest BCUT2D eigenvalue weighted by Gasteiger charge is 2.21. The van der Waals surface area contributed by atoms with Crippen molar-refractivity contribution < 1.29 is 9.90 Å². The van der Waals surface area contributed by atoms with Crippen LogP contribution in [-0.4, -0.2) is 30.2 Å². The first-order chi connectivity index (χ1) is 7.52. The minimum absolute atomic E-state index is 0.00231. The first-order valence-electron chi connectivity index (χ1n) is 4.12. The van der Waals surface area contributed by atoms with E-state index < -0.39 is 17.3 Å². The molecule has 16 heavy (non-hydrogen) atoms. The standard InChI is InChI=1S/C7H6N4O4S/c1-2-3(5(12)13)4(16-10-2)11-6(14)8-9-7(11)15/h1H3,(H,8,14)(H,9,15)(H,12,13). The van der Waals surface area contributed by atoms with E-state index in [0.717, 1.165) is 11.5 Å². The van der Waals surface area contributed by atoms with E-state index in [1.807, 2.05) is 0 Å². The Bertz CT molecular complexity index is 633. The number of rotatable bonds is 2. The first kappa shape index (κ1) is 10.4. The second-order valence-corrected chi connectivity index (χ2v) is 3.70. The zero-order valence-electron chi connectivity index (χ0n) is 7.97. The third-order valence-corrected chi connectivity index (χ3v) is 2.87. The lowest BCUT2D eigenvalue weighted by molar-refractivity contribution is 0.0696. The molecule has 0 aliphatic carbocycles. The van der Waals surface area contributed by atoms with Crippen molar-refractivity contribution in [2.24, 2.45) is 0 Å². The number of nitrogens with zero attached hydrogens (tertiary/aromatic N) is 2. The Morgan fingerprint density at radius 3 is 2.44 bits per heavy atom. The van der Waals surface area contributed by atoms with Crippen LogP contribution in [0.3, 0.4) is 0 Å². The lowest BCUT2D eigenvalue weighted by atomic mass is 10.2. The van der Waals surface area contributed by atoms with E-state index in [0.29, 0.717) is 4.57 Å². The molecule has 0 fully saturated rings. The van der Waals surface area contributed by atoms with Gasteiger partial charge in [0.2, 0.25) is 0 Å². The predicted octanol–water partition coefficient (Wildman–Crippen LogP) is -0.683. The smallest absolute Gasteiger partial charge is 0.349 e. The number of aromatic nitrogens is 4. The van der Waals surface area contributed by atoms with E-state index >= 15 is 0 Å². The summed E-state index contributed by atoms with van der Waals surface area (Å²) in [6.07, 6.45) is 0. The average molecular weight is 242 g/mol. The Hall–Kier alpha value is -2.16. The van der Waals surface area contributed by atoms with Gasteiger partial charge in [-0.15, -0.1) is 0 Å². The van der Waals surface area contributed by atoms with Gasteiger partial charge in [-0.3, -0.25) is 0 Å². The lowest BCUT2D eigenvalue weighted by Gasteiger charge is -1.96. The molecular formula is C7H6N4O4S. The van der Waals surface area contributed by atoms with Crippen LogP contribution in [0.25, 0.3) is 5.00 Å². The van der Waals surface area contributed by atoms with Crippen LogP contribution in [0.2, 0.25) is 0 Å². The van der Waals surface area contributed by atoms with E-state index in [2.05, 4.69) is 14.6 Å². The third kappa shape index (κ3) is 1.37. The number of nitrogens with one attached hydrogen (secondary N) is 2. The van der Waals surface area contributed by atoms with Gasteiger partial charge < -0.3 is 5.11 Å². The zero-order chi connectivity index (χ0) is 11.9. The highest BCUT2D eigenvalue weighted by Crippen LogP contribution is 2.20. The number of carboxylic acids is 1. The Balaban J connectivity index is 2.80. The molecule has 0 saturated heterocycles. The second-order valence-electron chi connectivity index (χ2n) is 2.95. The summed E-state index contributed by atoms with van der Waals surface area (Å²) >= 11 is 0.783. The minimum Gasteiger partial charge on any atom is -0.478 e. The van der Waals surface area contributed by atoms with Crippen molar-refractivity contribution in [2.45, 2.75) is 6.92 Å². The molecular weight excluding hydrogens is 236 g/mol. The Kier molecular flexibility index (Phi) is 2.23. The molecule has 3 N–H and O–H groups in total. The summed E-state index contributed by atoms with van der Waals surface area (Å²) < 4.78 is 4.51. The molecule has 2 aromatic rings. The van der Waals surface area contributed by atoms with E-state index in [4.69, 9.17) is 5.11 Å². The topological polar surface area (TPSA) is 121 Å². The normalized spacial score (nSPS) is 10.6. The highest BCUT2D eigenvalue weighted by molar-refractivity contribution is 7.09. The summed E-state index contributed by atoms with van der Waals surface area (Å²) in [6.45, 7) is 1.50. The van der Waals surface area contributed by atoms with Gasteiger partial charge in [0.15, 0.2) is 0 Å². The molecule has 2 rings (SSSR count). The van der Waals surface area contributed by atoms with Crippen LogP contribution in [0.4, 0.5) is 0 Å². The highest BCUT2D eigenvalue weighted by atomic mass is 32.1. The van der Waals surface area contributed by atoms with Gasteiger partial charge in [-0.05, 0) is 18.5 Å². The van der Waals surface area contributed by atoms with Crippen molar-refractivity contribution in [3.8, 4) is 5.00 Å². The van der Waals surface area contributed by atoms with Gasteiger partial charge in [-0.2, -0.15) is 8.94 Å². The molecule has 0 saturated carbocycles. The molecule has 84 valence electrons. The van der Waals surface area contributed by atoms with Crippen LogP contribution >= 0.6 is 11.5 Å². The van der Waals surface area contributed by atoms with Gasteiger partial charge in [0, 0.05) is 0 Å². The molecule has 0 bridgehead atoms. The fourth-order valence-electron chi connectivity index (χ4n) is 1.25. The molecule has 0 amide bonds. The quantitative estimate of drug-likeness (QED) is 0.644. The number of aryl methyl sites for hydroxylation is 1. The Morgan fingerprint density at radius 1 is 1.38 bits per heavy atom. The number of carboxylic acid groups (broad SMARTS) is 1. The maximum absolute atomic E-state index is 11.3. The molecule has 8 nitrogen and oxygen atoms in total. The van der Waals surface area contributed by atoms with Crippen molar-refractivity contribution in [3.63, 3.8) is 0 Å². The van der Waals surface area contributed by atoms with Crippen molar-refractivity contribution in [1.82, 2.24) is 19.1 Å². The SMILES string of the molecule is Cc1nsc(-n2c(=O)[nH][nH]c2=O)c1C(=O)O. The molecule has 0 aromatic carbocycles. The molecule has 0 aliphatic rings. The minimum atomic E-state index is -1.23. The molecule has 9 heteroatoms. The molecule has 0 atom stereocenters. The fraction of sp³-hybridized carbons (Fsp3) is 0.143. The van der Waals surface area contributed by atoms with E-state index in [9.17, 15) is 14.4 Å². The van der Waals surface area contributed by atoms with Crippen molar-refractivity contribution in [3.05, 3.63) is 32.2 Å². The number of aromatic amines is 2. The van der Waals surface area contributed by atoms with Gasteiger partial charge in [-0.1, -0.05) is 0 Å². The van der Waals surface area contributed by atoms with Crippen LogP contribution in [0.5, 0.6) is 0 Å². The van der Waals surface area contributed by atoms with Crippen molar-refractivity contribution >= 4 is 17.5 Å². The first-order valence-corrected chi connectivity index (χ1v) is 4.89. The van der Waals surface area contributed by atoms with Crippen LogP contribution < -0.4 is 11.4 Å². The monoisotopic (exact) mass is 242 g/mol. The Morgan fingerprint density at radius 2 is 1.94 bits per heavy atom. The summed E-state index contributed by atoms with van der Waals surface area (Å²) in [5, 5.41) is 13.1. The Labute approximate surface area is 91.3 Å². The second kappa shape index (κ2) is 3.45. The van der Waals surface area contributed by atoms with Gasteiger partial charge in [0.25, 0.3) is 0 Å². The van der Waals surface area contributed by atoms with Gasteiger partial charge in [0.1, 0.15) is 10.6 Å². The van der Waals surface area contributed by atoms with Crippen LogP contribution in [0.15, 0.2) is 9.59 Å². The number of H-pyrrole nitrogens is 2. The molecule has 2 aromatic heterocycles. The third-order valence-electron chi connectivity index (χ3n) is 1.94. The maximum Gasteiger partial charge on any atom is 0.349 e. The largest absolute Gasteiger partial charge is 0.478 e. The number of hydrogen-bond donors (Lipinski definition) is 3. The summed E-state index contributed by atoms with van der Waals surface area (Å²) in [6, 6.07) is 0. The number of hydrogen-bond acceptors (Lipinski definition) is 5. The van der Waals surface area contributed by atoms with Crippen molar-refractivity contribution in [2.75, 3.05) is 0 Å². The van der Waals surface area contributed by atoms with E-state index in [-0.39, 0.29) is 16.3 Å². The van der Waals surface area contributed by atoms with Gasteiger partial charge in [0.05, 0.1) is 5.69 Å². The summed E-state index contributed by atoms with van der Waals surface area (Å²) in [4.78, 5) is 33.5.